The lowest BCUT2D eigenvalue weighted by Crippen LogP contribution is -2.20. The molecule has 5 heteroatoms. The summed E-state index contributed by atoms with van der Waals surface area (Å²) < 4.78 is 0. The molecule has 2 aromatic carbocycles. The lowest BCUT2D eigenvalue weighted by Gasteiger charge is -2.21. The number of aryl methyl sites for hydroxylation is 1. The van der Waals surface area contributed by atoms with E-state index in [4.69, 9.17) is 17.3 Å². The van der Waals surface area contributed by atoms with Gasteiger partial charge in [-0.05, 0) is 44.0 Å². The number of amides is 1. The molecule has 0 atom stereocenters. The topological polar surface area (TPSA) is 58.4 Å². The van der Waals surface area contributed by atoms with Crippen LogP contribution in [0.5, 0.6) is 0 Å². The third-order valence-electron chi connectivity index (χ3n) is 4.09. The van der Waals surface area contributed by atoms with Gasteiger partial charge in [0.05, 0.1) is 22.1 Å². The monoisotopic (exact) mass is 329 g/mol. The molecule has 0 aliphatic carbocycles. The summed E-state index contributed by atoms with van der Waals surface area (Å²) in [5.74, 6) is -0.173. The second-order valence-corrected chi connectivity index (χ2v) is 6.32. The summed E-state index contributed by atoms with van der Waals surface area (Å²) in [5.41, 5.74) is 9.92. The Hall–Kier alpha value is -2.20. The molecule has 0 spiro atoms. The predicted molar refractivity (Wildman–Crippen MR) is 96.4 cm³/mol. The Morgan fingerprint density at radius 1 is 1.22 bits per heavy atom. The van der Waals surface area contributed by atoms with Crippen LogP contribution < -0.4 is 16.0 Å². The van der Waals surface area contributed by atoms with E-state index < -0.39 is 0 Å². The summed E-state index contributed by atoms with van der Waals surface area (Å²) >= 11 is 6.26. The fourth-order valence-corrected chi connectivity index (χ4v) is 3.11. The smallest absolute Gasteiger partial charge is 0.255 e. The normalized spacial score (nSPS) is 14.1. The van der Waals surface area contributed by atoms with Crippen LogP contribution in [0.25, 0.3) is 0 Å². The second kappa shape index (κ2) is 6.50. The van der Waals surface area contributed by atoms with Gasteiger partial charge in [0.2, 0.25) is 0 Å². The molecule has 2 aromatic rings. The zero-order valence-corrected chi connectivity index (χ0v) is 13.9. The van der Waals surface area contributed by atoms with Crippen LogP contribution in [0.15, 0.2) is 36.4 Å². The molecule has 1 aliphatic rings. The van der Waals surface area contributed by atoms with Gasteiger partial charge in [-0.3, -0.25) is 4.79 Å². The van der Waals surface area contributed by atoms with E-state index in [0.717, 1.165) is 37.2 Å². The van der Waals surface area contributed by atoms with Gasteiger partial charge in [0, 0.05) is 18.7 Å². The summed E-state index contributed by atoms with van der Waals surface area (Å²) in [5, 5.41) is 3.34. The van der Waals surface area contributed by atoms with Crippen molar-refractivity contribution < 1.29 is 4.79 Å². The maximum atomic E-state index is 12.4. The minimum atomic E-state index is -0.173. The van der Waals surface area contributed by atoms with Gasteiger partial charge in [-0.1, -0.05) is 29.3 Å². The van der Waals surface area contributed by atoms with Crippen LogP contribution >= 0.6 is 11.6 Å². The Kier molecular flexibility index (Phi) is 4.44. The van der Waals surface area contributed by atoms with E-state index in [1.54, 1.807) is 12.1 Å². The third kappa shape index (κ3) is 3.42. The highest BCUT2D eigenvalue weighted by Crippen LogP contribution is 2.35. The molecular formula is C18H20ClN3O. The molecule has 23 heavy (non-hydrogen) atoms. The van der Waals surface area contributed by atoms with Crippen molar-refractivity contribution in [3.05, 3.63) is 52.5 Å². The van der Waals surface area contributed by atoms with Crippen molar-refractivity contribution in [1.29, 1.82) is 0 Å². The van der Waals surface area contributed by atoms with E-state index in [1.165, 1.54) is 0 Å². The molecule has 4 nitrogen and oxygen atoms in total. The van der Waals surface area contributed by atoms with Crippen LogP contribution in [0.4, 0.5) is 17.1 Å². The lowest BCUT2D eigenvalue weighted by molar-refractivity contribution is 0.102. The zero-order chi connectivity index (χ0) is 16.4. The number of rotatable bonds is 3. The van der Waals surface area contributed by atoms with Crippen LogP contribution in [-0.4, -0.2) is 19.0 Å². The van der Waals surface area contributed by atoms with Crippen LogP contribution in [0.3, 0.4) is 0 Å². The molecule has 1 saturated heterocycles. The van der Waals surface area contributed by atoms with Crippen molar-refractivity contribution in [2.75, 3.05) is 29.0 Å². The Morgan fingerprint density at radius 3 is 2.65 bits per heavy atom. The summed E-state index contributed by atoms with van der Waals surface area (Å²) in [6, 6.07) is 11.0. The SMILES string of the molecule is Cc1cccc(C(=O)Nc2cc(N3CCCC3)c(N)cc2Cl)c1. The maximum absolute atomic E-state index is 12.4. The molecule has 1 aliphatic heterocycles. The minimum absolute atomic E-state index is 0.173. The van der Waals surface area contributed by atoms with Crippen LogP contribution in [0, 0.1) is 6.92 Å². The number of nitrogens with one attached hydrogen (secondary N) is 1. The van der Waals surface area contributed by atoms with Gasteiger partial charge in [-0.15, -0.1) is 0 Å². The molecule has 0 radical (unpaired) electrons. The maximum Gasteiger partial charge on any atom is 0.255 e. The number of hydrogen-bond acceptors (Lipinski definition) is 3. The number of carbonyl (C=O) groups is 1. The molecule has 0 bridgehead atoms. The number of hydrogen-bond donors (Lipinski definition) is 2. The standard InChI is InChI=1S/C18H20ClN3O/c1-12-5-4-6-13(9-12)18(23)21-16-11-17(15(20)10-14(16)19)22-7-2-3-8-22/h4-6,9-11H,2-3,7-8,20H2,1H3,(H,21,23). The van der Waals surface area contributed by atoms with E-state index in [0.29, 0.717) is 22.0 Å². The van der Waals surface area contributed by atoms with Gasteiger partial charge in [0.15, 0.2) is 0 Å². The first-order chi connectivity index (χ1) is 11.0. The molecule has 1 amide bonds. The van der Waals surface area contributed by atoms with Crippen LogP contribution in [0.2, 0.25) is 5.02 Å². The Bertz CT molecular complexity index is 739. The highest BCUT2D eigenvalue weighted by molar-refractivity contribution is 6.34. The van der Waals surface area contributed by atoms with Gasteiger partial charge < -0.3 is 16.0 Å². The van der Waals surface area contributed by atoms with Crippen LogP contribution in [0.1, 0.15) is 28.8 Å². The van der Waals surface area contributed by atoms with Gasteiger partial charge in [0.25, 0.3) is 5.91 Å². The minimum Gasteiger partial charge on any atom is -0.397 e. The van der Waals surface area contributed by atoms with E-state index in [9.17, 15) is 4.79 Å². The summed E-state index contributed by atoms with van der Waals surface area (Å²) in [6.07, 6.45) is 2.32. The average molecular weight is 330 g/mol. The van der Waals surface area contributed by atoms with Crippen LogP contribution in [-0.2, 0) is 0 Å². The number of anilines is 3. The van der Waals surface area contributed by atoms with Crippen molar-refractivity contribution in [2.24, 2.45) is 0 Å². The van der Waals surface area contributed by atoms with E-state index in [1.807, 2.05) is 31.2 Å². The lowest BCUT2D eigenvalue weighted by atomic mass is 10.1. The van der Waals surface area contributed by atoms with Crippen molar-refractivity contribution in [2.45, 2.75) is 19.8 Å². The van der Waals surface area contributed by atoms with Crippen molar-refractivity contribution in [1.82, 2.24) is 0 Å². The average Bonchev–Trinajstić information content (AvgIpc) is 3.04. The molecule has 1 heterocycles. The van der Waals surface area contributed by atoms with E-state index in [2.05, 4.69) is 10.2 Å². The molecule has 0 saturated carbocycles. The predicted octanol–water partition coefficient (Wildman–Crippen LogP) is 4.08. The third-order valence-corrected chi connectivity index (χ3v) is 4.40. The second-order valence-electron chi connectivity index (χ2n) is 5.91. The van der Waals surface area contributed by atoms with Gasteiger partial charge >= 0.3 is 0 Å². The molecule has 0 unspecified atom stereocenters. The molecule has 3 N–H and O–H groups in total. The number of nitrogens with two attached hydrogens (primary N) is 1. The number of nitrogen functional groups attached to an aromatic ring is 1. The number of benzene rings is 2. The highest BCUT2D eigenvalue weighted by Gasteiger charge is 2.18. The summed E-state index contributed by atoms with van der Waals surface area (Å²) in [6.45, 7) is 3.92. The fourth-order valence-electron chi connectivity index (χ4n) is 2.89. The number of halogens is 1. The fraction of sp³-hybridized carbons (Fsp3) is 0.278. The molecular weight excluding hydrogens is 310 g/mol. The Morgan fingerprint density at radius 2 is 1.96 bits per heavy atom. The zero-order valence-electron chi connectivity index (χ0n) is 13.1. The van der Waals surface area contributed by atoms with Crippen molar-refractivity contribution in [3.63, 3.8) is 0 Å². The van der Waals surface area contributed by atoms with E-state index in [-0.39, 0.29) is 5.91 Å². The molecule has 1 fully saturated rings. The summed E-state index contributed by atoms with van der Waals surface area (Å²) in [4.78, 5) is 14.7. The van der Waals surface area contributed by atoms with Crippen molar-refractivity contribution in [3.8, 4) is 0 Å². The molecule has 120 valence electrons. The largest absolute Gasteiger partial charge is 0.397 e. The first-order valence-corrected chi connectivity index (χ1v) is 8.14. The quantitative estimate of drug-likeness (QED) is 0.834. The van der Waals surface area contributed by atoms with Gasteiger partial charge in [-0.2, -0.15) is 0 Å². The first-order valence-electron chi connectivity index (χ1n) is 7.76. The Balaban J connectivity index is 1.87. The van der Waals surface area contributed by atoms with Gasteiger partial charge in [0.1, 0.15) is 0 Å². The summed E-state index contributed by atoms with van der Waals surface area (Å²) in [7, 11) is 0. The first kappa shape index (κ1) is 15.7. The number of nitrogens with zero attached hydrogens (tertiary/aromatic N) is 1. The number of carbonyl (C=O) groups excluding carboxylic acids is 1. The van der Waals surface area contributed by atoms with Crippen molar-refractivity contribution >= 4 is 34.6 Å². The van der Waals surface area contributed by atoms with E-state index >= 15 is 0 Å². The highest BCUT2D eigenvalue weighted by atomic mass is 35.5. The Labute approximate surface area is 141 Å². The molecule has 0 aromatic heterocycles. The molecule has 3 rings (SSSR count). The van der Waals surface area contributed by atoms with Gasteiger partial charge in [-0.25, -0.2) is 0 Å².